The molecule has 0 aromatic carbocycles. The predicted octanol–water partition coefficient (Wildman–Crippen LogP) is 1.46. The molecule has 0 fully saturated rings. The van der Waals surface area contributed by atoms with E-state index in [0.717, 1.165) is 16.6 Å². The van der Waals surface area contributed by atoms with Gasteiger partial charge in [0.05, 0.1) is 10.0 Å². The minimum Gasteiger partial charge on any atom is -0.311 e. The van der Waals surface area contributed by atoms with Gasteiger partial charge in [0.25, 0.3) is 0 Å². The van der Waals surface area contributed by atoms with E-state index in [1.807, 2.05) is 0 Å². The second kappa shape index (κ2) is 6.11. The molecule has 0 aliphatic carbocycles. The SMILES string of the molecule is Cc1cc(CNCCNS(C)(=O)=O)sc1Br. The Labute approximate surface area is 109 Å². The molecule has 7 heteroatoms. The summed E-state index contributed by atoms with van der Waals surface area (Å²) in [5.74, 6) is 0. The lowest BCUT2D eigenvalue weighted by Gasteiger charge is -2.03. The van der Waals surface area contributed by atoms with Crippen molar-refractivity contribution in [3.8, 4) is 0 Å². The predicted molar refractivity (Wildman–Crippen MR) is 71.3 cm³/mol. The molecule has 1 heterocycles. The van der Waals surface area contributed by atoms with Crippen LogP contribution in [0.3, 0.4) is 0 Å². The van der Waals surface area contributed by atoms with Crippen LogP contribution in [0.1, 0.15) is 10.4 Å². The quantitative estimate of drug-likeness (QED) is 0.778. The van der Waals surface area contributed by atoms with Gasteiger partial charge in [0.15, 0.2) is 0 Å². The van der Waals surface area contributed by atoms with Crippen molar-refractivity contribution in [3.05, 3.63) is 20.3 Å². The largest absolute Gasteiger partial charge is 0.311 e. The molecule has 0 spiro atoms. The molecule has 0 aliphatic heterocycles. The molecule has 0 saturated heterocycles. The summed E-state index contributed by atoms with van der Waals surface area (Å²) in [7, 11) is -3.07. The maximum atomic E-state index is 10.8. The zero-order chi connectivity index (χ0) is 12.2. The maximum absolute atomic E-state index is 10.8. The minimum atomic E-state index is -3.07. The second-order valence-electron chi connectivity index (χ2n) is 3.51. The normalized spacial score (nSPS) is 11.9. The number of hydrogen-bond donors (Lipinski definition) is 2. The molecule has 1 aromatic rings. The van der Waals surface area contributed by atoms with Crippen LogP contribution in [0.15, 0.2) is 9.85 Å². The van der Waals surface area contributed by atoms with Gasteiger partial charge in [0.1, 0.15) is 0 Å². The Hall–Kier alpha value is 0.0500. The molecule has 92 valence electrons. The van der Waals surface area contributed by atoms with Gasteiger partial charge in [0.2, 0.25) is 10.0 Å². The molecule has 4 nitrogen and oxygen atoms in total. The van der Waals surface area contributed by atoms with Crippen molar-refractivity contribution in [2.45, 2.75) is 13.5 Å². The first kappa shape index (κ1) is 14.1. The lowest BCUT2D eigenvalue weighted by Crippen LogP contribution is -2.30. The van der Waals surface area contributed by atoms with Crippen LogP contribution >= 0.6 is 27.3 Å². The van der Waals surface area contributed by atoms with Crippen LogP contribution in [0.4, 0.5) is 0 Å². The number of hydrogen-bond acceptors (Lipinski definition) is 4. The van der Waals surface area contributed by atoms with Crippen molar-refractivity contribution in [1.82, 2.24) is 10.0 Å². The smallest absolute Gasteiger partial charge is 0.208 e. The lowest BCUT2D eigenvalue weighted by atomic mass is 10.3. The Kier molecular flexibility index (Phi) is 5.39. The molecular formula is C9H15BrN2O2S2. The number of thiophene rings is 1. The van der Waals surface area contributed by atoms with Gasteiger partial charge in [-0.2, -0.15) is 0 Å². The fraction of sp³-hybridized carbons (Fsp3) is 0.556. The molecule has 16 heavy (non-hydrogen) atoms. The molecule has 0 saturated carbocycles. The summed E-state index contributed by atoms with van der Waals surface area (Å²) in [6, 6.07) is 2.12. The molecule has 0 aliphatic rings. The van der Waals surface area contributed by atoms with E-state index in [1.54, 1.807) is 11.3 Å². The van der Waals surface area contributed by atoms with Crippen LogP contribution < -0.4 is 10.0 Å². The first-order valence-electron chi connectivity index (χ1n) is 4.78. The van der Waals surface area contributed by atoms with Crippen LogP contribution in [-0.2, 0) is 16.6 Å². The molecule has 0 radical (unpaired) electrons. The zero-order valence-corrected chi connectivity index (χ0v) is 12.4. The molecule has 0 atom stereocenters. The molecule has 1 rings (SSSR count). The van der Waals surface area contributed by atoms with E-state index in [2.05, 4.69) is 39.0 Å². The highest BCUT2D eigenvalue weighted by Crippen LogP contribution is 2.26. The lowest BCUT2D eigenvalue weighted by molar-refractivity contribution is 0.582. The summed E-state index contributed by atoms with van der Waals surface area (Å²) < 4.78 is 25.1. The maximum Gasteiger partial charge on any atom is 0.208 e. The van der Waals surface area contributed by atoms with Gasteiger partial charge in [-0.05, 0) is 34.5 Å². The Morgan fingerprint density at radius 3 is 2.62 bits per heavy atom. The highest BCUT2D eigenvalue weighted by molar-refractivity contribution is 9.11. The topological polar surface area (TPSA) is 58.2 Å². The Morgan fingerprint density at radius 1 is 1.44 bits per heavy atom. The number of nitrogens with one attached hydrogen (secondary N) is 2. The van der Waals surface area contributed by atoms with E-state index < -0.39 is 10.0 Å². The summed E-state index contributed by atoms with van der Waals surface area (Å²) in [4.78, 5) is 1.24. The van der Waals surface area contributed by atoms with Crippen molar-refractivity contribution in [1.29, 1.82) is 0 Å². The van der Waals surface area contributed by atoms with Crippen LogP contribution in [-0.4, -0.2) is 27.8 Å². The minimum absolute atomic E-state index is 0.421. The van der Waals surface area contributed by atoms with Gasteiger partial charge in [-0.15, -0.1) is 11.3 Å². The van der Waals surface area contributed by atoms with Crippen molar-refractivity contribution in [2.75, 3.05) is 19.3 Å². The molecule has 1 aromatic heterocycles. The Balaban J connectivity index is 2.21. The highest BCUT2D eigenvalue weighted by Gasteiger charge is 2.02. The van der Waals surface area contributed by atoms with Crippen LogP contribution in [0.2, 0.25) is 0 Å². The Morgan fingerprint density at radius 2 is 2.12 bits per heavy atom. The van der Waals surface area contributed by atoms with E-state index in [-0.39, 0.29) is 0 Å². The molecule has 0 unspecified atom stereocenters. The number of halogens is 1. The number of sulfonamides is 1. The van der Waals surface area contributed by atoms with E-state index in [4.69, 9.17) is 0 Å². The van der Waals surface area contributed by atoms with Gasteiger partial charge in [-0.1, -0.05) is 0 Å². The average molecular weight is 327 g/mol. The van der Waals surface area contributed by atoms with E-state index in [0.29, 0.717) is 13.1 Å². The average Bonchev–Trinajstić information content (AvgIpc) is 2.44. The molecule has 0 amide bonds. The summed E-state index contributed by atoms with van der Waals surface area (Å²) in [6.45, 7) is 3.86. The highest BCUT2D eigenvalue weighted by atomic mass is 79.9. The van der Waals surface area contributed by atoms with Gasteiger partial charge in [-0.3, -0.25) is 0 Å². The fourth-order valence-electron chi connectivity index (χ4n) is 1.15. The summed E-state index contributed by atoms with van der Waals surface area (Å²) in [5.41, 5.74) is 1.23. The van der Waals surface area contributed by atoms with Crippen LogP contribution in [0.25, 0.3) is 0 Å². The molecule has 2 N–H and O–H groups in total. The monoisotopic (exact) mass is 326 g/mol. The number of rotatable bonds is 6. The van der Waals surface area contributed by atoms with Crippen LogP contribution in [0, 0.1) is 6.92 Å². The third kappa shape index (κ3) is 5.40. The van der Waals surface area contributed by atoms with Gasteiger partial charge in [-0.25, -0.2) is 13.1 Å². The fourth-order valence-corrected chi connectivity index (χ4v) is 3.22. The third-order valence-corrected chi connectivity index (χ3v) is 4.74. The summed E-state index contributed by atoms with van der Waals surface area (Å²) >= 11 is 5.16. The Bertz CT molecular complexity index is 423. The van der Waals surface area contributed by atoms with Crippen molar-refractivity contribution in [3.63, 3.8) is 0 Å². The second-order valence-corrected chi connectivity index (χ2v) is 7.80. The van der Waals surface area contributed by atoms with E-state index >= 15 is 0 Å². The molecular weight excluding hydrogens is 312 g/mol. The van der Waals surface area contributed by atoms with E-state index in [1.165, 1.54) is 10.4 Å². The summed E-state index contributed by atoms with van der Waals surface area (Å²) in [5, 5.41) is 3.18. The molecule has 0 bridgehead atoms. The number of aryl methyl sites for hydroxylation is 1. The van der Waals surface area contributed by atoms with Gasteiger partial charge < -0.3 is 5.32 Å². The van der Waals surface area contributed by atoms with Gasteiger partial charge >= 0.3 is 0 Å². The van der Waals surface area contributed by atoms with Crippen molar-refractivity contribution < 1.29 is 8.42 Å². The zero-order valence-electron chi connectivity index (χ0n) is 9.21. The van der Waals surface area contributed by atoms with Crippen molar-refractivity contribution >= 4 is 37.3 Å². The summed E-state index contributed by atoms with van der Waals surface area (Å²) in [6.07, 6.45) is 1.16. The van der Waals surface area contributed by atoms with Crippen molar-refractivity contribution in [2.24, 2.45) is 0 Å². The standard InChI is InChI=1S/C9H15BrN2O2S2/c1-7-5-8(15-9(7)10)6-11-3-4-12-16(2,13)14/h5,11-12H,3-4,6H2,1-2H3. The van der Waals surface area contributed by atoms with Gasteiger partial charge in [0, 0.05) is 24.5 Å². The first-order valence-corrected chi connectivity index (χ1v) is 8.29. The first-order chi connectivity index (χ1) is 7.38. The van der Waals surface area contributed by atoms with E-state index in [9.17, 15) is 8.42 Å². The van der Waals surface area contributed by atoms with Crippen LogP contribution in [0.5, 0.6) is 0 Å². The third-order valence-electron chi connectivity index (χ3n) is 1.87.